The van der Waals surface area contributed by atoms with Crippen molar-refractivity contribution in [3.05, 3.63) is 0 Å². The van der Waals surface area contributed by atoms with Crippen molar-refractivity contribution in [1.82, 2.24) is 0 Å². The van der Waals surface area contributed by atoms with E-state index in [0.29, 0.717) is 0 Å². The highest BCUT2D eigenvalue weighted by Crippen LogP contribution is 2.13. The van der Waals surface area contributed by atoms with Crippen LogP contribution in [0.4, 0.5) is 0 Å². The maximum atomic E-state index is 9.72. The van der Waals surface area contributed by atoms with Crippen molar-refractivity contribution in [2.45, 2.75) is 6.42 Å². The van der Waals surface area contributed by atoms with Gasteiger partial charge < -0.3 is 5.11 Å². The first-order valence-corrected chi connectivity index (χ1v) is 3.27. The lowest BCUT2D eigenvalue weighted by molar-refractivity contribution is -0.137. The third kappa shape index (κ3) is 10.7. The van der Waals surface area contributed by atoms with E-state index in [1.165, 1.54) is 0 Å². The van der Waals surface area contributed by atoms with E-state index >= 15 is 0 Å². The molecule has 2 N–H and O–H groups in total. The molecule has 0 aromatic carbocycles. The summed E-state index contributed by atoms with van der Waals surface area (Å²) in [4.78, 5) is 17.7. The summed E-state index contributed by atoms with van der Waals surface area (Å²) in [6.45, 7) is -0.221. The van der Waals surface area contributed by atoms with E-state index in [4.69, 9.17) is 10.00 Å². The molecule has 0 aliphatic rings. The fourth-order valence-electron chi connectivity index (χ4n) is 0.211. The zero-order valence-electron chi connectivity index (χ0n) is 4.89. The fraction of sp³-hybridized carbons (Fsp3) is 0.667. The molecule has 60 valence electrons. The lowest BCUT2D eigenvalue weighted by Gasteiger charge is -1.82. The maximum Gasteiger partial charge on any atom is 0.694 e. The van der Waals surface area contributed by atoms with Crippen LogP contribution in [0, 0.1) is 0 Å². The van der Waals surface area contributed by atoms with Gasteiger partial charge in [-0.15, -0.1) is 21.8 Å². The lowest BCUT2D eigenvalue weighted by Crippen LogP contribution is -1.98. The average molecular weight is 190 g/mol. The van der Waals surface area contributed by atoms with Gasteiger partial charge in [0.15, 0.2) is 0 Å². The van der Waals surface area contributed by atoms with Gasteiger partial charge in [0, 0.05) is 4.57 Å². The molecule has 0 bridgehead atoms. The van der Waals surface area contributed by atoms with Gasteiger partial charge in [-0.3, -0.25) is 4.79 Å². The molecule has 7 heteroatoms. The highest BCUT2D eigenvalue weighted by molar-refractivity contribution is 7.32. The lowest BCUT2D eigenvalue weighted by atomic mass is 10.5. The van der Waals surface area contributed by atoms with E-state index in [0.717, 1.165) is 0 Å². The number of carboxylic acids is 1. The van der Waals surface area contributed by atoms with E-state index in [2.05, 4.69) is 4.52 Å². The minimum atomic E-state index is -2.64. The number of carbonyl (C=O) groups is 1. The van der Waals surface area contributed by atoms with Crippen molar-refractivity contribution >= 4 is 26.6 Å². The smallest absolute Gasteiger partial charge is 0.481 e. The predicted molar refractivity (Wildman–Crippen MR) is 35.3 cm³/mol. The molecule has 0 saturated carbocycles. The monoisotopic (exact) mass is 189 g/mol. The topological polar surface area (TPSA) is 83.8 Å². The molecule has 0 aromatic rings. The van der Waals surface area contributed by atoms with E-state index in [1.807, 2.05) is 0 Å². The number of hydrogen-bond donors (Lipinski definition) is 2. The Morgan fingerprint density at radius 3 is 2.40 bits per heavy atom. The summed E-state index contributed by atoms with van der Waals surface area (Å²) < 4.78 is 13.8. The van der Waals surface area contributed by atoms with E-state index in [1.54, 1.807) is 0 Å². The summed E-state index contributed by atoms with van der Waals surface area (Å²) >= 11 is 0. The van der Waals surface area contributed by atoms with Crippen LogP contribution in [0.3, 0.4) is 0 Å². The second kappa shape index (κ2) is 6.89. The third-order valence-electron chi connectivity index (χ3n) is 0.518. The first-order chi connectivity index (χ1) is 4.13. The molecule has 0 radical (unpaired) electrons. The largest absolute Gasteiger partial charge is 0.694 e. The molecule has 1 unspecified atom stereocenters. The Labute approximate surface area is 64.4 Å². The summed E-state index contributed by atoms with van der Waals surface area (Å²) in [5.74, 6) is -1.05. The van der Waals surface area contributed by atoms with Crippen LogP contribution in [0.15, 0.2) is 0 Å². The molecule has 0 spiro atoms. The Balaban J connectivity index is 0. The average Bonchev–Trinajstić information content (AvgIpc) is 1.63. The van der Waals surface area contributed by atoms with Crippen LogP contribution in [0.2, 0.25) is 0 Å². The molecule has 1 atom stereocenters. The molecular formula is C3H7ClO5P+. The molecule has 0 amide bonds. The van der Waals surface area contributed by atoms with Crippen LogP contribution in [-0.4, -0.2) is 22.6 Å². The summed E-state index contributed by atoms with van der Waals surface area (Å²) in [6.07, 6.45) is -0.248. The molecule has 0 aromatic heterocycles. The van der Waals surface area contributed by atoms with Gasteiger partial charge in [-0.05, 0) is 0 Å². The first kappa shape index (κ1) is 12.5. The number of halogens is 1. The van der Waals surface area contributed by atoms with Crippen molar-refractivity contribution in [3.8, 4) is 0 Å². The Bertz CT molecular complexity index is 112. The maximum absolute atomic E-state index is 9.72. The summed E-state index contributed by atoms with van der Waals surface area (Å²) in [6, 6.07) is 0. The molecule has 0 aliphatic heterocycles. The second-order valence-corrected chi connectivity index (χ2v) is 1.95. The van der Waals surface area contributed by atoms with Crippen LogP contribution in [0.1, 0.15) is 6.42 Å². The minimum Gasteiger partial charge on any atom is -0.481 e. The van der Waals surface area contributed by atoms with Gasteiger partial charge in [-0.25, -0.2) is 0 Å². The fourth-order valence-corrected chi connectivity index (χ4v) is 0.459. The molecule has 0 heterocycles. The van der Waals surface area contributed by atoms with Crippen LogP contribution >= 0.6 is 20.7 Å². The number of rotatable bonds is 4. The van der Waals surface area contributed by atoms with Gasteiger partial charge in [-0.2, -0.15) is 0 Å². The Morgan fingerprint density at radius 2 is 2.10 bits per heavy atom. The van der Waals surface area contributed by atoms with Crippen molar-refractivity contribution in [1.29, 1.82) is 0 Å². The summed E-state index contributed by atoms with van der Waals surface area (Å²) in [7, 11) is -2.64. The Hall–Kier alpha value is -0.220. The van der Waals surface area contributed by atoms with E-state index in [9.17, 15) is 9.36 Å². The second-order valence-electron chi connectivity index (χ2n) is 1.21. The molecule has 0 saturated heterocycles. The van der Waals surface area contributed by atoms with Crippen molar-refractivity contribution < 1.29 is 23.9 Å². The molecular weight excluding hydrogens is 182 g/mol. The third-order valence-corrected chi connectivity index (χ3v) is 0.921. The zero-order chi connectivity index (χ0) is 7.28. The van der Waals surface area contributed by atoms with Crippen LogP contribution in [0.25, 0.3) is 0 Å². The van der Waals surface area contributed by atoms with Gasteiger partial charge in [0.25, 0.3) is 0 Å². The Kier molecular flexibility index (Phi) is 8.59. The standard InChI is InChI=1S/C3H5O5P.ClH/c4-3(5)1-2-8-9(6)7;/h1-2H2,(H-,4,5,6,7);1H/p+1. The first-order valence-electron chi connectivity index (χ1n) is 2.14. The van der Waals surface area contributed by atoms with Crippen LogP contribution in [0.5, 0.6) is 0 Å². The number of carboxylic acid groups (broad SMARTS) is 1. The minimum absolute atomic E-state index is 0. The van der Waals surface area contributed by atoms with Crippen molar-refractivity contribution in [2.24, 2.45) is 0 Å². The highest BCUT2D eigenvalue weighted by Gasteiger charge is 2.11. The van der Waals surface area contributed by atoms with Gasteiger partial charge in [0.1, 0.15) is 6.61 Å². The molecule has 5 nitrogen and oxygen atoms in total. The van der Waals surface area contributed by atoms with Crippen molar-refractivity contribution in [3.63, 3.8) is 0 Å². The summed E-state index contributed by atoms with van der Waals surface area (Å²) in [5, 5.41) is 7.97. The van der Waals surface area contributed by atoms with Crippen LogP contribution < -0.4 is 0 Å². The predicted octanol–water partition coefficient (Wildman–Crippen LogP) is 0.549. The highest BCUT2D eigenvalue weighted by atomic mass is 35.5. The van der Waals surface area contributed by atoms with Gasteiger partial charge in [0.2, 0.25) is 0 Å². The normalized spacial score (nSPS) is 9.90. The van der Waals surface area contributed by atoms with Crippen LogP contribution in [-0.2, 0) is 13.9 Å². The molecule has 0 rings (SSSR count). The molecule has 10 heavy (non-hydrogen) atoms. The number of hydrogen-bond acceptors (Lipinski definition) is 3. The van der Waals surface area contributed by atoms with Gasteiger partial charge in [-0.1, -0.05) is 0 Å². The van der Waals surface area contributed by atoms with Gasteiger partial charge >= 0.3 is 14.2 Å². The van der Waals surface area contributed by atoms with E-state index in [-0.39, 0.29) is 25.4 Å². The van der Waals surface area contributed by atoms with E-state index < -0.39 is 14.2 Å². The van der Waals surface area contributed by atoms with Gasteiger partial charge in [0.05, 0.1) is 6.42 Å². The molecule has 0 aliphatic carbocycles. The number of aliphatic carboxylic acids is 1. The zero-order valence-corrected chi connectivity index (χ0v) is 6.60. The Morgan fingerprint density at radius 1 is 1.60 bits per heavy atom. The van der Waals surface area contributed by atoms with Crippen molar-refractivity contribution in [2.75, 3.05) is 6.61 Å². The quantitative estimate of drug-likeness (QED) is 0.631. The SMILES string of the molecule is Cl.O=C(O)CCO[P+](=O)O. The summed E-state index contributed by atoms with van der Waals surface area (Å²) in [5.41, 5.74) is 0. The molecule has 0 fully saturated rings.